The molecule has 0 aliphatic rings. The molecule has 5 rings (SSSR count). The molecule has 7 nitrogen and oxygen atoms in total. The van der Waals surface area contributed by atoms with E-state index in [-0.39, 0.29) is 23.9 Å². The number of benzene rings is 3. The third-order valence-corrected chi connectivity index (χ3v) is 5.93. The van der Waals surface area contributed by atoms with Crippen LogP contribution < -0.4 is 5.32 Å². The Morgan fingerprint density at radius 3 is 2.17 bits per heavy atom. The van der Waals surface area contributed by atoms with Gasteiger partial charge in [0.1, 0.15) is 16.9 Å². The lowest BCUT2D eigenvalue weighted by Crippen LogP contribution is -2.18. The number of anilines is 1. The predicted molar refractivity (Wildman–Crippen MR) is 141 cm³/mol. The molecule has 0 unspecified atom stereocenters. The molecule has 0 atom stereocenters. The minimum absolute atomic E-state index is 0.188. The van der Waals surface area contributed by atoms with Crippen LogP contribution in [0.15, 0.2) is 84.9 Å². The van der Waals surface area contributed by atoms with Gasteiger partial charge in [-0.25, -0.2) is 14.8 Å². The molecule has 0 aliphatic heterocycles. The minimum Gasteiger partial charge on any atom is -0.462 e. The van der Waals surface area contributed by atoms with E-state index in [1.54, 1.807) is 28.8 Å². The third kappa shape index (κ3) is 4.55. The first-order valence-corrected chi connectivity index (χ1v) is 12.1. The smallest absolute Gasteiger partial charge is 0.344 e. The largest absolute Gasteiger partial charge is 0.462 e. The van der Waals surface area contributed by atoms with Gasteiger partial charge in [0.05, 0.1) is 17.6 Å². The number of para-hydroxylation sites is 3. The lowest BCUT2D eigenvalue weighted by molar-refractivity contribution is 0.0501. The van der Waals surface area contributed by atoms with Crippen LogP contribution in [0.1, 0.15) is 46.9 Å². The van der Waals surface area contributed by atoms with E-state index in [2.05, 4.69) is 12.2 Å². The van der Waals surface area contributed by atoms with E-state index in [4.69, 9.17) is 14.7 Å². The van der Waals surface area contributed by atoms with E-state index >= 15 is 0 Å². The first kappa shape index (κ1) is 23.2. The van der Waals surface area contributed by atoms with Crippen molar-refractivity contribution in [1.82, 2.24) is 14.5 Å². The van der Waals surface area contributed by atoms with Gasteiger partial charge in [-0.3, -0.25) is 9.36 Å². The molecule has 0 bridgehead atoms. The molecule has 1 N–H and O–H groups in total. The number of carbonyl (C=O) groups excluding carboxylic acids is 2. The molecular formula is C29H26N4O3. The van der Waals surface area contributed by atoms with Crippen molar-refractivity contribution in [3.8, 4) is 5.69 Å². The highest BCUT2D eigenvalue weighted by molar-refractivity contribution is 6.14. The van der Waals surface area contributed by atoms with Crippen LogP contribution in [0.5, 0.6) is 0 Å². The maximum absolute atomic E-state index is 13.5. The number of carbonyl (C=O) groups is 2. The van der Waals surface area contributed by atoms with Crippen molar-refractivity contribution in [2.75, 3.05) is 11.9 Å². The number of fused-ring (bicyclic) bond motifs is 2. The first-order chi connectivity index (χ1) is 17.7. The Morgan fingerprint density at radius 1 is 0.833 bits per heavy atom. The predicted octanol–water partition coefficient (Wildman–Crippen LogP) is 6.17. The van der Waals surface area contributed by atoms with Crippen LogP contribution in [-0.4, -0.2) is 33.0 Å². The van der Waals surface area contributed by atoms with E-state index < -0.39 is 5.97 Å². The van der Waals surface area contributed by atoms with Gasteiger partial charge in [-0.1, -0.05) is 68.3 Å². The second-order valence-corrected chi connectivity index (χ2v) is 8.44. The maximum atomic E-state index is 13.5. The molecule has 5 aromatic rings. The monoisotopic (exact) mass is 478 g/mol. The van der Waals surface area contributed by atoms with Crippen LogP contribution in [0, 0.1) is 0 Å². The zero-order valence-electron chi connectivity index (χ0n) is 20.0. The number of rotatable bonds is 8. The molecule has 0 spiro atoms. The maximum Gasteiger partial charge on any atom is 0.344 e. The molecule has 0 saturated heterocycles. The fourth-order valence-corrected chi connectivity index (χ4v) is 4.14. The summed E-state index contributed by atoms with van der Waals surface area (Å²) < 4.78 is 7.42. The fraction of sp³-hybridized carbons (Fsp3) is 0.172. The lowest BCUT2D eigenvalue weighted by Gasteiger charge is -2.13. The lowest BCUT2D eigenvalue weighted by atomic mass is 10.2. The SMILES string of the molecule is CCCCCOC(=O)c1c(NC(=O)c2ccccc2)n(-c2ccccc2)c2nc3ccccc3nc12. The molecule has 2 heterocycles. The summed E-state index contributed by atoms with van der Waals surface area (Å²) in [6, 6.07) is 25.8. The number of nitrogens with zero attached hydrogens (tertiary/aromatic N) is 3. The summed E-state index contributed by atoms with van der Waals surface area (Å²) in [5.41, 5.74) is 3.56. The van der Waals surface area contributed by atoms with Crippen molar-refractivity contribution in [2.45, 2.75) is 26.2 Å². The van der Waals surface area contributed by atoms with E-state index in [9.17, 15) is 9.59 Å². The van der Waals surface area contributed by atoms with Gasteiger partial charge in [0.2, 0.25) is 0 Å². The van der Waals surface area contributed by atoms with E-state index in [1.165, 1.54) is 0 Å². The molecule has 0 fully saturated rings. The molecule has 3 aromatic carbocycles. The fourth-order valence-electron chi connectivity index (χ4n) is 4.14. The normalized spacial score (nSPS) is 11.0. The zero-order chi connectivity index (χ0) is 24.9. The van der Waals surface area contributed by atoms with Gasteiger partial charge in [-0.2, -0.15) is 0 Å². The van der Waals surface area contributed by atoms with Crippen LogP contribution >= 0.6 is 0 Å². The molecule has 0 aliphatic carbocycles. The summed E-state index contributed by atoms with van der Waals surface area (Å²) in [5.74, 6) is -0.611. The van der Waals surface area contributed by atoms with Crippen LogP contribution in [0.2, 0.25) is 0 Å². The van der Waals surface area contributed by atoms with Crippen molar-refractivity contribution >= 4 is 39.9 Å². The van der Waals surface area contributed by atoms with E-state index in [1.807, 2.05) is 60.7 Å². The average Bonchev–Trinajstić information content (AvgIpc) is 3.23. The highest BCUT2D eigenvalue weighted by Gasteiger charge is 2.29. The van der Waals surface area contributed by atoms with Crippen molar-refractivity contribution in [2.24, 2.45) is 0 Å². The van der Waals surface area contributed by atoms with Crippen LogP contribution in [0.25, 0.3) is 27.9 Å². The Morgan fingerprint density at radius 2 is 1.47 bits per heavy atom. The highest BCUT2D eigenvalue weighted by atomic mass is 16.5. The topological polar surface area (TPSA) is 86.1 Å². The summed E-state index contributed by atoms with van der Waals surface area (Å²) in [6.07, 6.45) is 2.74. The Kier molecular flexibility index (Phi) is 6.71. The zero-order valence-corrected chi connectivity index (χ0v) is 20.0. The number of ether oxygens (including phenoxy) is 1. The molecule has 7 heteroatoms. The molecule has 0 radical (unpaired) electrons. The Bertz CT molecular complexity index is 1530. The molecule has 36 heavy (non-hydrogen) atoms. The third-order valence-electron chi connectivity index (χ3n) is 5.93. The number of hydrogen-bond acceptors (Lipinski definition) is 5. The number of esters is 1. The summed E-state index contributed by atoms with van der Waals surface area (Å²) in [6.45, 7) is 2.38. The molecule has 1 amide bonds. The van der Waals surface area contributed by atoms with Gasteiger partial charge in [0, 0.05) is 11.3 Å². The second-order valence-electron chi connectivity index (χ2n) is 8.44. The van der Waals surface area contributed by atoms with Gasteiger partial charge in [-0.15, -0.1) is 0 Å². The van der Waals surface area contributed by atoms with Gasteiger partial charge < -0.3 is 10.1 Å². The Balaban J connectivity index is 1.73. The molecule has 180 valence electrons. The van der Waals surface area contributed by atoms with E-state index in [0.29, 0.717) is 27.8 Å². The molecule has 2 aromatic heterocycles. The standard InChI is InChI=1S/C29H26N4O3/c1-2-3-12-19-36-29(35)24-25-27(31-23-18-11-10-17-22(23)30-25)33(21-15-8-5-9-16-21)26(24)32-28(34)20-13-6-4-7-14-20/h4-11,13-18H,2-3,12,19H2,1H3,(H,32,34). The van der Waals surface area contributed by atoms with Crippen LogP contribution in [0.4, 0.5) is 5.82 Å². The van der Waals surface area contributed by atoms with Crippen LogP contribution in [-0.2, 0) is 4.74 Å². The summed E-state index contributed by atoms with van der Waals surface area (Å²) in [5, 5.41) is 2.96. The summed E-state index contributed by atoms with van der Waals surface area (Å²) >= 11 is 0. The average molecular weight is 479 g/mol. The highest BCUT2D eigenvalue weighted by Crippen LogP contribution is 2.34. The van der Waals surface area contributed by atoms with Crippen molar-refractivity contribution in [3.63, 3.8) is 0 Å². The van der Waals surface area contributed by atoms with Crippen molar-refractivity contribution in [3.05, 3.63) is 96.1 Å². The number of amides is 1. The number of aromatic nitrogens is 3. The van der Waals surface area contributed by atoms with E-state index in [0.717, 1.165) is 24.9 Å². The summed E-state index contributed by atoms with van der Waals surface area (Å²) in [4.78, 5) is 36.4. The number of hydrogen-bond donors (Lipinski definition) is 1. The number of unbranched alkanes of at least 4 members (excludes halogenated alkanes) is 2. The second kappa shape index (κ2) is 10.4. The first-order valence-electron chi connectivity index (χ1n) is 12.1. The van der Waals surface area contributed by atoms with Gasteiger partial charge in [0.15, 0.2) is 5.65 Å². The van der Waals surface area contributed by atoms with Crippen molar-refractivity contribution in [1.29, 1.82) is 0 Å². The molecular weight excluding hydrogens is 452 g/mol. The van der Waals surface area contributed by atoms with Crippen molar-refractivity contribution < 1.29 is 14.3 Å². The minimum atomic E-state index is -0.543. The van der Waals surface area contributed by atoms with Gasteiger partial charge >= 0.3 is 5.97 Å². The Hall–Kier alpha value is -4.52. The quantitative estimate of drug-likeness (QED) is 0.213. The number of nitrogens with one attached hydrogen (secondary N) is 1. The van der Waals surface area contributed by atoms with Gasteiger partial charge in [0.25, 0.3) is 5.91 Å². The Labute approximate surface area is 208 Å². The molecule has 0 saturated carbocycles. The summed E-state index contributed by atoms with van der Waals surface area (Å²) in [7, 11) is 0. The van der Waals surface area contributed by atoms with Gasteiger partial charge in [-0.05, 0) is 42.8 Å². The van der Waals surface area contributed by atoms with Crippen LogP contribution in [0.3, 0.4) is 0 Å².